The van der Waals surface area contributed by atoms with Crippen LogP contribution < -0.4 is 10.8 Å². The van der Waals surface area contributed by atoms with Crippen LogP contribution in [-0.2, 0) is 43.0 Å². The highest BCUT2D eigenvalue weighted by atomic mass is 31.2. The summed E-state index contributed by atoms with van der Waals surface area (Å²) in [6.07, 6.45) is -5.15. The average Bonchev–Trinajstić information content (AvgIpc) is 3.44. The third-order valence-corrected chi connectivity index (χ3v) is 7.59. The van der Waals surface area contributed by atoms with Crippen LogP contribution in [0, 0.1) is 11.3 Å². The second-order valence-corrected chi connectivity index (χ2v) is 10.2. The van der Waals surface area contributed by atoms with Gasteiger partial charge < -0.3 is 30.2 Å². The number of ether oxygens (including phenoxy) is 3. The molecular formula is C22H31N6O10P. The highest BCUT2D eigenvalue weighted by Crippen LogP contribution is 2.48. The number of carbonyl (C=O) groups excluding carboxylic acids is 2. The number of nitrogens with two attached hydrogens (primary N) is 1. The number of nitriles is 1. The van der Waals surface area contributed by atoms with Crippen LogP contribution in [0.25, 0.3) is 5.52 Å². The Balaban J connectivity index is 1.85. The van der Waals surface area contributed by atoms with E-state index in [1.807, 2.05) is 6.07 Å². The Hall–Kier alpha value is -3.16. The molecule has 2 aromatic rings. The van der Waals surface area contributed by atoms with E-state index in [2.05, 4.69) is 15.2 Å². The topological polar surface area (TPSA) is 230 Å². The first-order chi connectivity index (χ1) is 18.4. The largest absolute Gasteiger partial charge is 0.465 e. The molecular weight excluding hydrogens is 539 g/mol. The zero-order chi connectivity index (χ0) is 29.0. The maximum atomic E-state index is 13.6. The number of rotatable bonds is 12. The quantitative estimate of drug-likeness (QED) is 0.191. The molecule has 0 saturated carbocycles. The van der Waals surface area contributed by atoms with E-state index in [-0.39, 0.29) is 24.7 Å². The predicted octanol–water partition coefficient (Wildman–Crippen LogP) is -0.215. The highest BCUT2D eigenvalue weighted by molar-refractivity contribution is 7.51. The maximum absolute atomic E-state index is 13.6. The summed E-state index contributed by atoms with van der Waals surface area (Å²) < 4.78 is 41.2. The number of nitrogens with zero attached hydrogens (tertiary/aromatic N) is 4. The van der Waals surface area contributed by atoms with Gasteiger partial charge in [0.1, 0.15) is 42.3 Å². The molecule has 39 heavy (non-hydrogen) atoms. The van der Waals surface area contributed by atoms with Gasteiger partial charge in [0.25, 0.3) is 0 Å². The number of carbonyl (C=O) groups is 2. The van der Waals surface area contributed by atoms with Crippen molar-refractivity contribution in [2.75, 3.05) is 25.6 Å². The minimum absolute atomic E-state index is 0.0333. The molecule has 3 heterocycles. The van der Waals surface area contributed by atoms with Gasteiger partial charge in [-0.25, -0.2) is 23.9 Å². The second-order valence-electron chi connectivity index (χ2n) is 8.50. The molecule has 214 valence electrons. The van der Waals surface area contributed by atoms with E-state index >= 15 is 0 Å². The van der Waals surface area contributed by atoms with Crippen molar-refractivity contribution in [1.29, 1.82) is 5.26 Å². The number of hydrogen-bond acceptors (Lipinski definition) is 14. The second kappa shape index (κ2) is 12.3. The van der Waals surface area contributed by atoms with E-state index in [0.717, 1.165) is 6.33 Å². The minimum Gasteiger partial charge on any atom is -0.465 e. The van der Waals surface area contributed by atoms with E-state index in [1.165, 1.54) is 30.5 Å². The van der Waals surface area contributed by atoms with E-state index in [4.69, 9.17) is 29.0 Å². The molecule has 0 amide bonds. The zero-order valence-electron chi connectivity index (χ0n) is 21.7. The smallest absolute Gasteiger partial charge is 0.407 e. The molecule has 0 radical (unpaired) electrons. The summed E-state index contributed by atoms with van der Waals surface area (Å²) in [6.45, 7) is 5.15. The normalized spacial score (nSPS) is 25.9. The van der Waals surface area contributed by atoms with Gasteiger partial charge in [-0.15, -0.1) is 0 Å². The van der Waals surface area contributed by atoms with E-state index in [0.29, 0.717) is 5.52 Å². The average molecular weight is 570 g/mol. The van der Waals surface area contributed by atoms with Crippen molar-refractivity contribution in [2.24, 2.45) is 0 Å². The van der Waals surface area contributed by atoms with E-state index in [9.17, 15) is 29.6 Å². The molecule has 0 aliphatic carbocycles. The van der Waals surface area contributed by atoms with Crippen molar-refractivity contribution in [2.45, 2.75) is 63.8 Å². The minimum atomic E-state index is -4.49. The van der Waals surface area contributed by atoms with Crippen LogP contribution in [0.2, 0.25) is 0 Å². The zero-order valence-corrected chi connectivity index (χ0v) is 22.6. The van der Waals surface area contributed by atoms with Crippen LogP contribution in [0.5, 0.6) is 0 Å². The third-order valence-electron chi connectivity index (χ3n) is 5.80. The number of nitrogens with one attached hydrogen (secondary N) is 1. The Kier molecular flexibility index (Phi) is 9.62. The number of esters is 2. The number of nitrogen functional groups attached to an aromatic ring is 1. The number of anilines is 1. The summed E-state index contributed by atoms with van der Waals surface area (Å²) in [7, 11) is -4.49. The Morgan fingerprint density at radius 3 is 2.59 bits per heavy atom. The molecule has 2 aromatic heterocycles. The lowest BCUT2D eigenvalue weighted by molar-refractivity contribution is -0.151. The molecule has 1 fully saturated rings. The Labute approximate surface area is 223 Å². The monoisotopic (exact) mass is 570 g/mol. The molecule has 17 heteroatoms. The van der Waals surface area contributed by atoms with Gasteiger partial charge in [-0.1, -0.05) is 0 Å². The van der Waals surface area contributed by atoms with Crippen LogP contribution in [0.4, 0.5) is 5.82 Å². The number of aliphatic hydroxyl groups is 2. The molecule has 0 spiro atoms. The molecule has 5 N–H and O–H groups in total. The van der Waals surface area contributed by atoms with Gasteiger partial charge in [0, 0.05) is 0 Å². The molecule has 0 bridgehead atoms. The van der Waals surface area contributed by atoms with Gasteiger partial charge in [-0.2, -0.15) is 10.4 Å². The van der Waals surface area contributed by atoms with Crippen LogP contribution in [0.1, 0.15) is 33.4 Å². The van der Waals surface area contributed by atoms with Crippen molar-refractivity contribution >= 4 is 31.0 Å². The van der Waals surface area contributed by atoms with E-state index in [1.54, 1.807) is 13.8 Å². The molecule has 0 aromatic carbocycles. The summed E-state index contributed by atoms with van der Waals surface area (Å²) in [5.74, 6) is -1.51. The van der Waals surface area contributed by atoms with Crippen molar-refractivity contribution in [3.05, 3.63) is 24.2 Å². The van der Waals surface area contributed by atoms with Crippen LogP contribution in [0.3, 0.4) is 0 Å². The molecule has 1 saturated heterocycles. The highest BCUT2D eigenvalue weighted by Gasteiger charge is 2.58. The lowest BCUT2D eigenvalue weighted by Gasteiger charge is -2.26. The summed E-state index contributed by atoms with van der Waals surface area (Å²) in [5.41, 5.74) is 4.10. The molecule has 1 unspecified atom stereocenters. The van der Waals surface area contributed by atoms with Crippen LogP contribution in [0.15, 0.2) is 18.5 Å². The first kappa shape index (κ1) is 30.4. The van der Waals surface area contributed by atoms with Gasteiger partial charge in [0.2, 0.25) is 5.60 Å². The van der Waals surface area contributed by atoms with E-state index < -0.39 is 62.4 Å². The first-order valence-corrected chi connectivity index (χ1v) is 13.5. The Morgan fingerprint density at radius 1 is 1.28 bits per heavy atom. The lowest BCUT2D eigenvalue weighted by atomic mass is 9.92. The third kappa shape index (κ3) is 6.20. The Bertz CT molecular complexity index is 1250. The van der Waals surface area contributed by atoms with Crippen molar-refractivity contribution in [3.8, 4) is 6.07 Å². The molecule has 16 nitrogen and oxygen atoms in total. The first-order valence-electron chi connectivity index (χ1n) is 12.0. The van der Waals surface area contributed by atoms with Gasteiger partial charge in [-0.05, 0) is 39.8 Å². The number of fused-ring (bicyclic) bond motifs is 1. The van der Waals surface area contributed by atoms with Crippen molar-refractivity contribution < 1.29 is 47.6 Å². The molecule has 1 aliphatic heterocycles. The molecule has 7 atom stereocenters. The summed E-state index contributed by atoms with van der Waals surface area (Å²) in [6, 6.07) is 3.62. The van der Waals surface area contributed by atoms with Gasteiger partial charge in [0.15, 0.2) is 11.9 Å². The summed E-state index contributed by atoms with van der Waals surface area (Å²) >= 11 is 0. The lowest BCUT2D eigenvalue weighted by Crippen LogP contribution is -2.41. The van der Waals surface area contributed by atoms with Gasteiger partial charge in [-0.3, -0.25) is 13.8 Å². The van der Waals surface area contributed by atoms with Crippen molar-refractivity contribution in [1.82, 2.24) is 19.7 Å². The number of aromatic nitrogens is 3. The van der Waals surface area contributed by atoms with Crippen LogP contribution in [-0.4, -0.2) is 87.0 Å². The fourth-order valence-electron chi connectivity index (χ4n) is 3.89. The van der Waals surface area contributed by atoms with Crippen molar-refractivity contribution in [3.63, 3.8) is 0 Å². The SMILES string of the molecule is CCOC(=O)[C@H](C)NP(=O)(OC[C@H]1O[C@@](C#N)(c2ccc3c(N)ncnn23)[C@H](O)[C@@H]1O)O[C@@H](C)C(=O)OCC. The Morgan fingerprint density at radius 2 is 1.95 bits per heavy atom. The predicted molar refractivity (Wildman–Crippen MR) is 132 cm³/mol. The van der Waals surface area contributed by atoms with Crippen LogP contribution >= 0.6 is 7.75 Å². The van der Waals surface area contributed by atoms with Gasteiger partial charge in [0.05, 0.1) is 25.5 Å². The maximum Gasteiger partial charge on any atom is 0.407 e. The fraction of sp³-hybridized carbons (Fsp3) is 0.591. The fourth-order valence-corrected chi connectivity index (χ4v) is 5.51. The summed E-state index contributed by atoms with van der Waals surface area (Å²) in [4.78, 5) is 28.1. The molecule has 1 aliphatic rings. The van der Waals surface area contributed by atoms with Gasteiger partial charge >= 0.3 is 19.7 Å². The number of hydrogen-bond donors (Lipinski definition) is 4. The summed E-state index contributed by atoms with van der Waals surface area (Å²) in [5, 5.41) is 38.1. The molecule has 3 rings (SSSR count). The number of aliphatic hydroxyl groups excluding tert-OH is 2. The standard InChI is InChI=1S/C22H31N6O10P/c1-5-34-20(31)12(3)27-39(33,38-13(4)21(32)35-6-2)36-9-15-17(29)18(30)22(10-23,37-15)16-8-7-14-19(24)25-11-26-28(14)16/h7-8,11-13,15,17-18,29-30H,5-6,9H2,1-4H3,(H,27,33)(H2,24,25,26)/t12-,13-,15+,17+,18+,22-,39?/m0/s1.